The average Bonchev–Trinajstić information content (AvgIpc) is 3.07. The van der Waals surface area contributed by atoms with Gasteiger partial charge in [0.2, 0.25) is 5.91 Å². The second-order valence-electron chi connectivity index (χ2n) is 7.43. The van der Waals surface area contributed by atoms with Crippen LogP contribution in [0.2, 0.25) is 10.0 Å². The first-order valence-corrected chi connectivity index (χ1v) is 10.9. The molecule has 1 N–H and O–H groups in total. The van der Waals surface area contributed by atoms with E-state index in [-0.39, 0.29) is 5.91 Å². The van der Waals surface area contributed by atoms with Gasteiger partial charge in [0.15, 0.2) is 0 Å². The maximum absolute atomic E-state index is 12.6. The number of fused-ring (bicyclic) bond motifs is 3. The van der Waals surface area contributed by atoms with Crippen LogP contribution in [0.5, 0.6) is 5.75 Å². The molecular formula is C24H23Cl2NO3. The third-order valence-electron chi connectivity index (χ3n) is 5.32. The van der Waals surface area contributed by atoms with Gasteiger partial charge in [-0.2, -0.15) is 0 Å². The molecule has 1 aromatic heterocycles. The number of furan rings is 1. The Labute approximate surface area is 185 Å². The van der Waals surface area contributed by atoms with Crippen molar-refractivity contribution in [3.05, 3.63) is 63.3 Å². The Morgan fingerprint density at radius 2 is 2.00 bits per heavy atom. The molecule has 0 atom stereocenters. The minimum Gasteiger partial charge on any atom is -0.493 e. The molecule has 0 bridgehead atoms. The van der Waals surface area contributed by atoms with Gasteiger partial charge in [0.25, 0.3) is 0 Å². The van der Waals surface area contributed by atoms with E-state index in [1.165, 1.54) is 12.0 Å². The van der Waals surface area contributed by atoms with Gasteiger partial charge in [0.05, 0.1) is 17.3 Å². The maximum Gasteiger partial charge on any atom is 0.248 e. The zero-order chi connectivity index (χ0) is 21.3. The molecule has 1 amide bonds. The van der Waals surface area contributed by atoms with E-state index in [0.29, 0.717) is 28.1 Å². The number of benzene rings is 2. The number of halogens is 2. The number of hydrogen-bond donors (Lipinski definition) is 1. The Kier molecular flexibility index (Phi) is 6.07. The molecule has 0 spiro atoms. The van der Waals surface area contributed by atoms with Crippen LogP contribution in [0.3, 0.4) is 0 Å². The van der Waals surface area contributed by atoms with Crippen LogP contribution in [0, 0.1) is 0 Å². The molecule has 6 heteroatoms. The molecule has 2 aromatic carbocycles. The summed E-state index contributed by atoms with van der Waals surface area (Å²) in [6.07, 6.45) is 5.88. The summed E-state index contributed by atoms with van der Waals surface area (Å²) in [4.78, 5) is 12.6. The van der Waals surface area contributed by atoms with Crippen LogP contribution in [0.1, 0.15) is 43.6 Å². The van der Waals surface area contributed by atoms with Crippen LogP contribution in [-0.4, -0.2) is 12.5 Å². The monoisotopic (exact) mass is 443 g/mol. The van der Waals surface area contributed by atoms with Crippen LogP contribution in [0.15, 0.2) is 40.8 Å². The van der Waals surface area contributed by atoms with Crippen LogP contribution in [0.25, 0.3) is 16.5 Å². The van der Waals surface area contributed by atoms with Gasteiger partial charge < -0.3 is 14.5 Å². The Morgan fingerprint density at radius 3 is 2.77 bits per heavy atom. The van der Waals surface area contributed by atoms with Crippen LogP contribution in [0.4, 0.5) is 5.69 Å². The van der Waals surface area contributed by atoms with Gasteiger partial charge in [-0.05, 0) is 62.9 Å². The van der Waals surface area contributed by atoms with E-state index in [1.54, 1.807) is 24.3 Å². The van der Waals surface area contributed by atoms with Crippen molar-refractivity contribution in [3.8, 4) is 5.75 Å². The summed E-state index contributed by atoms with van der Waals surface area (Å²) in [5, 5.41) is 4.82. The van der Waals surface area contributed by atoms with Crippen molar-refractivity contribution in [2.24, 2.45) is 0 Å². The zero-order valence-electron chi connectivity index (χ0n) is 17.0. The molecule has 0 aliphatic heterocycles. The van der Waals surface area contributed by atoms with Crippen molar-refractivity contribution in [2.75, 3.05) is 11.9 Å². The van der Waals surface area contributed by atoms with E-state index in [1.807, 2.05) is 19.9 Å². The Balaban J connectivity index is 1.68. The number of aryl methyl sites for hydroxylation is 2. The van der Waals surface area contributed by atoms with Crippen molar-refractivity contribution in [1.82, 2.24) is 0 Å². The predicted molar refractivity (Wildman–Crippen MR) is 123 cm³/mol. The summed E-state index contributed by atoms with van der Waals surface area (Å²) in [5.74, 6) is 1.52. The lowest BCUT2D eigenvalue weighted by atomic mass is 9.94. The highest BCUT2D eigenvalue weighted by atomic mass is 35.5. The van der Waals surface area contributed by atoms with E-state index in [2.05, 4.69) is 11.4 Å². The molecule has 30 heavy (non-hydrogen) atoms. The van der Waals surface area contributed by atoms with Gasteiger partial charge in [-0.25, -0.2) is 0 Å². The Bertz CT molecular complexity index is 1150. The summed E-state index contributed by atoms with van der Waals surface area (Å²) in [7, 11) is 0. The first kappa shape index (κ1) is 20.8. The lowest BCUT2D eigenvalue weighted by molar-refractivity contribution is -0.111. The number of nitrogens with one attached hydrogen (secondary N) is 1. The number of rotatable bonds is 5. The van der Waals surface area contributed by atoms with E-state index >= 15 is 0 Å². The van der Waals surface area contributed by atoms with Gasteiger partial charge in [-0.15, -0.1) is 0 Å². The molecule has 3 aromatic rings. The van der Waals surface area contributed by atoms with Crippen molar-refractivity contribution >= 4 is 51.3 Å². The molecule has 4 nitrogen and oxygen atoms in total. The number of amides is 1. The molecule has 4 rings (SSSR count). The maximum atomic E-state index is 12.6. The number of carbonyl (C=O) groups is 1. The third kappa shape index (κ3) is 4.21. The van der Waals surface area contributed by atoms with Gasteiger partial charge in [-0.3, -0.25) is 4.79 Å². The second kappa shape index (κ2) is 8.75. The van der Waals surface area contributed by atoms with Crippen molar-refractivity contribution < 1.29 is 13.9 Å². The molecule has 0 fully saturated rings. The van der Waals surface area contributed by atoms with Gasteiger partial charge >= 0.3 is 0 Å². The Morgan fingerprint density at radius 1 is 1.20 bits per heavy atom. The number of allylic oxidation sites excluding steroid dienone is 1. The summed E-state index contributed by atoms with van der Waals surface area (Å²) in [5.41, 5.74) is 4.33. The molecule has 1 aliphatic carbocycles. The fourth-order valence-corrected chi connectivity index (χ4v) is 4.36. The molecule has 156 valence electrons. The van der Waals surface area contributed by atoms with Crippen LogP contribution >= 0.6 is 23.2 Å². The minimum absolute atomic E-state index is 0.270. The number of hydrogen-bond acceptors (Lipinski definition) is 3. The smallest absolute Gasteiger partial charge is 0.248 e. The molecule has 1 heterocycles. The summed E-state index contributed by atoms with van der Waals surface area (Å²) >= 11 is 12.1. The third-order valence-corrected chi connectivity index (χ3v) is 5.87. The Hall–Kier alpha value is -2.43. The molecule has 0 radical (unpaired) electrons. The molecule has 0 saturated heterocycles. The first-order valence-electron chi connectivity index (χ1n) is 10.1. The normalized spacial score (nSPS) is 13.9. The highest BCUT2D eigenvalue weighted by Gasteiger charge is 2.20. The second-order valence-corrected chi connectivity index (χ2v) is 8.27. The molecule has 0 unspecified atom stereocenters. The zero-order valence-corrected chi connectivity index (χ0v) is 18.5. The van der Waals surface area contributed by atoms with Gasteiger partial charge in [0, 0.05) is 40.1 Å². The quantitative estimate of drug-likeness (QED) is 0.429. The summed E-state index contributed by atoms with van der Waals surface area (Å²) in [6.45, 7) is 4.37. The summed E-state index contributed by atoms with van der Waals surface area (Å²) < 4.78 is 12.0. The molecular weight excluding hydrogens is 421 g/mol. The van der Waals surface area contributed by atoms with Gasteiger partial charge in [0.1, 0.15) is 17.1 Å². The average molecular weight is 444 g/mol. The largest absolute Gasteiger partial charge is 0.493 e. The minimum atomic E-state index is -0.270. The fourth-order valence-electron chi connectivity index (χ4n) is 3.91. The van der Waals surface area contributed by atoms with E-state index in [0.717, 1.165) is 47.1 Å². The highest BCUT2D eigenvalue weighted by molar-refractivity contribution is 6.36. The molecule has 0 saturated carbocycles. The van der Waals surface area contributed by atoms with Crippen LogP contribution < -0.4 is 10.1 Å². The predicted octanol–water partition coefficient (Wildman–Crippen LogP) is 7.06. The fraction of sp³-hybridized carbons (Fsp3) is 0.292. The van der Waals surface area contributed by atoms with E-state index in [4.69, 9.17) is 32.4 Å². The topological polar surface area (TPSA) is 51.5 Å². The standard InChI is InChI=1S/C24H23Cl2NO3/c1-3-29-22-13-23-18(16-6-4-5-7-21(16)30-23)12-17(22)14(2)10-24(28)27-20-9-8-15(25)11-19(20)26/h8-13H,3-7H2,1-2H3,(H,27,28)/b14-10+. The SMILES string of the molecule is CCOc1cc2oc3c(c2cc1/C(C)=C/C(=O)Nc1ccc(Cl)cc1Cl)CCCC3. The van der Waals surface area contributed by atoms with E-state index in [9.17, 15) is 4.79 Å². The van der Waals surface area contributed by atoms with Crippen molar-refractivity contribution in [2.45, 2.75) is 39.5 Å². The van der Waals surface area contributed by atoms with E-state index < -0.39 is 0 Å². The number of carbonyl (C=O) groups excluding carboxylic acids is 1. The highest BCUT2D eigenvalue weighted by Crippen LogP contribution is 2.38. The van der Waals surface area contributed by atoms with Gasteiger partial charge in [-0.1, -0.05) is 23.2 Å². The first-order chi connectivity index (χ1) is 14.5. The van der Waals surface area contributed by atoms with Crippen molar-refractivity contribution in [1.29, 1.82) is 0 Å². The number of anilines is 1. The number of ether oxygens (including phenoxy) is 1. The summed E-state index contributed by atoms with van der Waals surface area (Å²) in [6, 6.07) is 8.99. The van der Waals surface area contributed by atoms with Crippen molar-refractivity contribution in [3.63, 3.8) is 0 Å². The molecule has 1 aliphatic rings. The lowest BCUT2D eigenvalue weighted by Crippen LogP contribution is -2.09. The lowest BCUT2D eigenvalue weighted by Gasteiger charge is -2.12. The van der Waals surface area contributed by atoms with Crippen LogP contribution in [-0.2, 0) is 17.6 Å².